The van der Waals surface area contributed by atoms with Gasteiger partial charge >= 0.3 is 0 Å². The Hall–Kier alpha value is -0.560. The summed E-state index contributed by atoms with van der Waals surface area (Å²) in [4.78, 5) is 14.4. The molecule has 0 aliphatic carbocycles. The summed E-state index contributed by atoms with van der Waals surface area (Å²) in [5.41, 5.74) is 1.16. The minimum absolute atomic E-state index is 0. The van der Waals surface area contributed by atoms with Crippen molar-refractivity contribution in [1.29, 1.82) is 0 Å². The maximum atomic E-state index is 12.0. The van der Waals surface area contributed by atoms with Gasteiger partial charge in [0.15, 0.2) is 0 Å². The molecule has 5 nitrogen and oxygen atoms in total. The summed E-state index contributed by atoms with van der Waals surface area (Å²) in [6.45, 7) is 4.33. The molecule has 1 unspecified atom stereocenters. The van der Waals surface area contributed by atoms with E-state index in [1.807, 2.05) is 18.2 Å². The number of methoxy groups -OCH3 is 1. The van der Waals surface area contributed by atoms with Crippen molar-refractivity contribution >= 4 is 42.3 Å². The van der Waals surface area contributed by atoms with Crippen LogP contribution >= 0.6 is 36.4 Å². The Balaban J connectivity index is 0.00000288. The zero-order valence-corrected chi connectivity index (χ0v) is 16.9. The molecular weight excluding hydrogens is 385 g/mol. The number of carbonyl (C=O) groups excluding carboxylic acids is 1. The molecule has 1 aromatic rings. The van der Waals surface area contributed by atoms with Crippen LogP contribution in [0.3, 0.4) is 0 Å². The zero-order chi connectivity index (χ0) is 16.5. The summed E-state index contributed by atoms with van der Waals surface area (Å²) in [6, 6.07) is 8.10. The normalized spacial score (nSPS) is 15.1. The highest BCUT2D eigenvalue weighted by Crippen LogP contribution is 2.26. The molecule has 1 saturated heterocycles. The molecule has 25 heavy (non-hydrogen) atoms. The van der Waals surface area contributed by atoms with E-state index in [-0.39, 0.29) is 36.8 Å². The van der Waals surface area contributed by atoms with Gasteiger partial charge in [-0.25, -0.2) is 0 Å². The number of rotatable bonds is 9. The highest BCUT2D eigenvalue weighted by atomic mass is 35.5. The fraction of sp³-hybridized carbons (Fsp3) is 0.588. The lowest BCUT2D eigenvalue weighted by Gasteiger charge is -2.28. The molecule has 1 fully saturated rings. The van der Waals surface area contributed by atoms with Crippen molar-refractivity contribution in [3.05, 3.63) is 34.9 Å². The molecule has 0 radical (unpaired) electrons. The second-order valence-electron chi connectivity index (χ2n) is 5.79. The third-order valence-electron chi connectivity index (χ3n) is 4.08. The molecule has 0 bridgehead atoms. The summed E-state index contributed by atoms with van der Waals surface area (Å²) in [5, 5.41) is 6.82. The molecule has 2 N–H and O–H groups in total. The summed E-state index contributed by atoms with van der Waals surface area (Å²) in [6.07, 6.45) is 2.42. The monoisotopic (exact) mass is 411 g/mol. The van der Waals surface area contributed by atoms with Gasteiger partial charge in [-0.15, -0.1) is 24.8 Å². The van der Waals surface area contributed by atoms with Crippen molar-refractivity contribution in [2.45, 2.75) is 18.9 Å². The van der Waals surface area contributed by atoms with Crippen molar-refractivity contribution in [2.24, 2.45) is 0 Å². The van der Waals surface area contributed by atoms with Gasteiger partial charge in [0, 0.05) is 25.2 Å². The van der Waals surface area contributed by atoms with E-state index in [2.05, 4.69) is 21.6 Å². The Morgan fingerprint density at radius 3 is 2.68 bits per heavy atom. The van der Waals surface area contributed by atoms with Crippen LogP contribution in [0.25, 0.3) is 0 Å². The van der Waals surface area contributed by atoms with E-state index in [0.29, 0.717) is 26.2 Å². The number of nitrogens with zero attached hydrogens (tertiary/aromatic N) is 1. The van der Waals surface area contributed by atoms with Gasteiger partial charge in [-0.1, -0.05) is 23.7 Å². The number of amides is 1. The van der Waals surface area contributed by atoms with Gasteiger partial charge < -0.3 is 15.4 Å². The molecule has 1 aliphatic rings. The van der Waals surface area contributed by atoms with E-state index in [9.17, 15) is 4.79 Å². The van der Waals surface area contributed by atoms with Crippen molar-refractivity contribution in [3.8, 4) is 0 Å². The molecule has 1 amide bonds. The van der Waals surface area contributed by atoms with Crippen LogP contribution < -0.4 is 10.6 Å². The Kier molecular flexibility index (Phi) is 13.3. The topological polar surface area (TPSA) is 53.6 Å². The number of hydrogen-bond acceptors (Lipinski definition) is 4. The Morgan fingerprint density at radius 2 is 2.04 bits per heavy atom. The average Bonchev–Trinajstić information content (AvgIpc) is 3.06. The number of ether oxygens (including phenoxy) is 1. The SMILES string of the molecule is COCCNCC(=O)NCC(c1cccc(Cl)c1)N1CCCC1.Cl.Cl. The fourth-order valence-electron chi connectivity index (χ4n) is 2.87. The van der Waals surface area contributed by atoms with Crippen LogP contribution in [0.4, 0.5) is 0 Å². The van der Waals surface area contributed by atoms with Crippen molar-refractivity contribution in [3.63, 3.8) is 0 Å². The Labute approximate surface area is 167 Å². The highest BCUT2D eigenvalue weighted by molar-refractivity contribution is 6.30. The van der Waals surface area contributed by atoms with E-state index >= 15 is 0 Å². The highest BCUT2D eigenvalue weighted by Gasteiger charge is 2.24. The van der Waals surface area contributed by atoms with E-state index in [1.165, 1.54) is 12.8 Å². The van der Waals surface area contributed by atoms with E-state index < -0.39 is 0 Å². The minimum Gasteiger partial charge on any atom is -0.383 e. The van der Waals surface area contributed by atoms with Crippen molar-refractivity contribution in [2.75, 3.05) is 46.4 Å². The first-order valence-corrected chi connectivity index (χ1v) is 8.54. The molecule has 1 atom stereocenters. The fourth-order valence-corrected chi connectivity index (χ4v) is 3.07. The summed E-state index contributed by atoms with van der Waals surface area (Å²) in [5.74, 6) is 0.00679. The van der Waals surface area contributed by atoms with E-state index in [1.54, 1.807) is 7.11 Å². The van der Waals surface area contributed by atoms with E-state index in [0.717, 1.165) is 23.7 Å². The molecular formula is C17H28Cl3N3O2. The molecule has 2 rings (SSSR count). The van der Waals surface area contributed by atoms with Crippen LogP contribution in [0.5, 0.6) is 0 Å². The molecule has 8 heteroatoms. The standard InChI is InChI=1S/C17H26ClN3O2.2ClH/c1-23-10-7-19-13-17(22)20-12-16(21-8-2-3-9-21)14-5-4-6-15(18)11-14;;/h4-6,11,16,19H,2-3,7-10,12-13H2,1H3,(H,20,22);2*1H. The average molecular weight is 413 g/mol. The first kappa shape index (κ1) is 24.4. The predicted molar refractivity (Wildman–Crippen MR) is 107 cm³/mol. The van der Waals surface area contributed by atoms with Gasteiger partial charge in [-0.3, -0.25) is 9.69 Å². The third-order valence-corrected chi connectivity index (χ3v) is 4.31. The quantitative estimate of drug-likeness (QED) is 0.612. The maximum Gasteiger partial charge on any atom is 0.234 e. The van der Waals surface area contributed by atoms with Gasteiger partial charge in [-0.2, -0.15) is 0 Å². The van der Waals surface area contributed by atoms with Crippen LogP contribution in [0.2, 0.25) is 5.02 Å². The van der Waals surface area contributed by atoms with Crippen molar-refractivity contribution in [1.82, 2.24) is 15.5 Å². The lowest BCUT2D eigenvalue weighted by molar-refractivity contribution is -0.120. The van der Waals surface area contributed by atoms with Gasteiger partial charge in [0.25, 0.3) is 0 Å². The zero-order valence-electron chi connectivity index (χ0n) is 14.5. The number of nitrogens with one attached hydrogen (secondary N) is 2. The van der Waals surface area contributed by atoms with Gasteiger partial charge in [-0.05, 0) is 43.6 Å². The predicted octanol–water partition coefficient (Wildman–Crippen LogP) is 2.67. The Morgan fingerprint density at radius 1 is 1.32 bits per heavy atom. The second-order valence-corrected chi connectivity index (χ2v) is 6.22. The summed E-state index contributed by atoms with van der Waals surface area (Å²) in [7, 11) is 1.65. The molecule has 1 heterocycles. The molecule has 1 aliphatic heterocycles. The number of carbonyl (C=O) groups is 1. The third kappa shape index (κ3) is 8.58. The first-order valence-electron chi connectivity index (χ1n) is 8.16. The number of likely N-dealkylation sites (tertiary alicyclic amines) is 1. The number of halogens is 3. The maximum absolute atomic E-state index is 12.0. The van der Waals surface area contributed by atoms with Crippen LogP contribution in [0, 0.1) is 0 Å². The molecule has 0 spiro atoms. The van der Waals surface area contributed by atoms with Crippen LogP contribution in [-0.2, 0) is 9.53 Å². The smallest absolute Gasteiger partial charge is 0.234 e. The molecule has 1 aromatic carbocycles. The van der Waals surface area contributed by atoms with Crippen LogP contribution in [-0.4, -0.2) is 57.2 Å². The summed E-state index contributed by atoms with van der Waals surface area (Å²) < 4.78 is 4.94. The lowest BCUT2D eigenvalue weighted by Crippen LogP contribution is -2.40. The number of hydrogen-bond donors (Lipinski definition) is 2. The van der Waals surface area contributed by atoms with Gasteiger partial charge in [0.05, 0.1) is 19.2 Å². The minimum atomic E-state index is 0. The lowest BCUT2D eigenvalue weighted by atomic mass is 10.1. The van der Waals surface area contributed by atoms with Crippen LogP contribution in [0.1, 0.15) is 24.4 Å². The van der Waals surface area contributed by atoms with Gasteiger partial charge in [0.1, 0.15) is 0 Å². The Bertz CT molecular complexity index is 500. The van der Waals surface area contributed by atoms with E-state index in [4.69, 9.17) is 16.3 Å². The molecule has 144 valence electrons. The van der Waals surface area contributed by atoms with Crippen LogP contribution in [0.15, 0.2) is 24.3 Å². The first-order chi connectivity index (χ1) is 11.2. The number of benzene rings is 1. The molecule has 0 aromatic heterocycles. The summed E-state index contributed by atoms with van der Waals surface area (Å²) >= 11 is 6.13. The molecule has 0 saturated carbocycles. The van der Waals surface area contributed by atoms with Gasteiger partial charge in [0.2, 0.25) is 5.91 Å². The largest absolute Gasteiger partial charge is 0.383 e. The second kappa shape index (κ2) is 13.6. The van der Waals surface area contributed by atoms with Crippen molar-refractivity contribution < 1.29 is 9.53 Å².